The van der Waals surface area contributed by atoms with E-state index in [1.54, 1.807) is 5.57 Å². The molecule has 4 aliphatic carbocycles. The molecular formula is C32H36O5. The molecule has 4 aliphatic rings. The number of aromatic hydroxyl groups is 3. The fourth-order valence-electron chi connectivity index (χ4n) is 8.30. The van der Waals surface area contributed by atoms with Crippen LogP contribution in [0.3, 0.4) is 0 Å². The third-order valence-corrected chi connectivity index (χ3v) is 10.3. The Hall–Kier alpha value is -3.21. The highest BCUT2D eigenvalue weighted by Gasteiger charge is 2.57. The fraction of sp³-hybridized carbons (Fsp3) is 0.469. The van der Waals surface area contributed by atoms with Gasteiger partial charge in [0.25, 0.3) is 0 Å². The Balaban J connectivity index is 1.18. The van der Waals surface area contributed by atoms with E-state index in [0.29, 0.717) is 17.8 Å². The van der Waals surface area contributed by atoms with Crippen molar-refractivity contribution in [2.75, 3.05) is 0 Å². The van der Waals surface area contributed by atoms with Crippen LogP contribution < -0.4 is 0 Å². The maximum Gasteiger partial charge on any atom is 0.338 e. The summed E-state index contributed by atoms with van der Waals surface area (Å²) in [6.07, 6.45) is 12.0. The summed E-state index contributed by atoms with van der Waals surface area (Å²) in [5.74, 6) is -0.308. The van der Waals surface area contributed by atoms with Gasteiger partial charge in [0, 0.05) is 6.42 Å². The molecule has 0 heterocycles. The number of carbonyl (C=O) groups excluding carboxylic acids is 1. The van der Waals surface area contributed by atoms with E-state index in [-0.39, 0.29) is 22.5 Å². The van der Waals surface area contributed by atoms with E-state index in [1.165, 1.54) is 24.0 Å². The van der Waals surface area contributed by atoms with Gasteiger partial charge in [-0.2, -0.15) is 0 Å². The van der Waals surface area contributed by atoms with Crippen LogP contribution in [0.25, 0.3) is 5.57 Å². The molecule has 6 atom stereocenters. The molecule has 5 heteroatoms. The van der Waals surface area contributed by atoms with Crippen LogP contribution in [0.4, 0.5) is 0 Å². The topological polar surface area (TPSA) is 87.0 Å². The smallest absolute Gasteiger partial charge is 0.338 e. The number of phenolic OH excluding ortho intramolecular Hbond substituents is 3. The van der Waals surface area contributed by atoms with E-state index in [1.807, 2.05) is 0 Å². The molecule has 0 bridgehead atoms. The molecular weight excluding hydrogens is 464 g/mol. The van der Waals surface area contributed by atoms with E-state index in [9.17, 15) is 20.1 Å². The van der Waals surface area contributed by atoms with E-state index in [4.69, 9.17) is 4.74 Å². The highest BCUT2D eigenvalue weighted by atomic mass is 16.5. The molecule has 3 N–H and O–H groups in total. The molecule has 2 aromatic carbocycles. The fourth-order valence-corrected chi connectivity index (χ4v) is 8.30. The first-order valence-corrected chi connectivity index (χ1v) is 13.6. The van der Waals surface area contributed by atoms with Gasteiger partial charge in [-0.1, -0.05) is 61.9 Å². The van der Waals surface area contributed by atoms with Crippen molar-refractivity contribution in [2.45, 2.75) is 64.9 Å². The Kier molecular flexibility index (Phi) is 5.66. The van der Waals surface area contributed by atoms with Crippen molar-refractivity contribution < 1.29 is 24.9 Å². The number of hydrogen-bond donors (Lipinski definition) is 3. The van der Waals surface area contributed by atoms with Crippen molar-refractivity contribution >= 4 is 11.5 Å². The zero-order chi connectivity index (χ0) is 25.9. The third kappa shape index (κ3) is 3.77. The number of allylic oxidation sites excluding steroid dienone is 3. The van der Waals surface area contributed by atoms with Crippen molar-refractivity contribution in [3.8, 4) is 17.2 Å². The van der Waals surface area contributed by atoms with Gasteiger partial charge < -0.3 is 20.1 Å². The van der Waals surface area contributed by atoms with Crippen molar-refractivity contribution in [3.05, 3.63) is 71.3 Å². The first-order valence-electron chi connectivity index (χ1n) is 13.6. The summed E-state index contributed by atoms with van der Waals surface area (Å²) >= 11 is 0. The molecule has 5 nitrogen and oxygen atoms in total. The van der Waals surface area contributed by atoms with Crippen LogP contribution in [-0.4, -0.2) is 27.4 Å². The molecule has 0 aliphatic heterocycles. The van der Waals surface area contributed by atoms with Crippen molar-refractivity contribution in [1.29, 1.82) is 0 Å². The Labute approximate surface area is 218 Å². The standard InChI is InChI=1S/C32H36O5/c1-31-14-12-22(37-30(36)20-16-27(33)29(35)28(34)17-20)18-21(31)8-9-23-25-11-10-24(19-6-4-3-5-7-19)32(25,2)15-13-26(23)31/h3-8,10,16-17,22-23,25-26,33-35H,9,11-15,18H2,1-2H3/t22-,23?,25?,26?,31-,32+/m0/s1. The number of esters is 1. The van der Waals surface area contributed by atoms with Gasteiger partial charge in [0.05, 0.1) is 5.56 Å². The lowest BCUT2D eigenvalue weighted by molar-refractivity contribution is -0.0307. The molecule has 2 saturated carbocycles. The minimum absolute atomic E-state index is 0.0355. The zero-order valence-electron chi connectivity index (χ0n) is 21.6. The molecule has 194 valence electrons. The van der Waals surface area contributed by atoms with E-state index >= 15 is 0 Å². The van der Waals surface area contributed by atoms with Gasteiger partial charge in [0.1, 0.15) is 6.10 Å². The van der Waals surface area contributed by atoms with E-state index in [0.717, 1.165) is 44.2 Å². The number of ether oxygens (including phenoxy) is 1. The highest BCUT2D eigenvalue weighted by molar-refractivity contribution is 5.91. The second kappa shape index (κ2) is 8.68. The SMILES string of the molecule is C[C@]12CC[C@H](OC(=O)c3cc(O)c(O)c(O)c3)CC1=CCC1C2CC[C@]2(C)C(c3ccccc3)=CCC12. The normalized spacial score (nSPS) is 34.4. The maximum absolute atomic E-state index is 12.8. The lowest BCUT2D eigenvalue weighted by Crippen LogP contribution is -2.50. The van der Waals surface area contributed by atoms with Gasteiger partial charge in [0.2, 0.25) is 0 Å². The average Bonchev–Trinajstić information content (AvgIpc) is 3.25. The second-order valence-electron chi connectivity index (χ2n) is 12.1. The monoisotopic (exact) mass is 500 g/mol. The Morgan fingerprint density at radius 2 is 1.59 bits per heavy atom. The second-order valence-corrected chi connectivity index (χ2v) is 12.1. The largest absolute Gasteiger partial charge is 0.504 e. The molecule has 0 spiro atoms. The average molecular weight is 501 g/mol. The van der Waals surface area contributed by atoms with E-state index < -0.39 is 23.2 Å². The molecule has 2 fully saturated rings. The molecule has 6 rings (SSSR count). The summed E-state index contributed by atoms with van der Waals surface area (Å²) in [6.45, 7) is 4.93. The Morgan fingerprint density at radius 1 is 0.892 bits per heavy atom. The van der Waals surface area contributed by atoms with Gasteiger partial charge in [0.15, 0.2) is 17.2 Å². The summed E-state index contributed by atoms with van der Waals surface area (Å²) in [7, 11) is 0. The minimum atomic E-state index is -0.635. The molecule has 3 unspecified atom stereocenters. The van der Waals surface area contributed by atoms with Gasteiger partial charge in [-0.25, -0.2) is 4.79 Å². The first-order chi connectivity index (χ1) is 17.7. The van der Waals surface area contributed by atoms with Crippen LogP contribution in [0.2, 0.25) is 0 Å². The Morgan fingerprint density at radius 3 is 2.32 bits per heavy atom. The molecule has 0 radical (unpaired) electrons. The molecule has 37 heavy (non-hydrogen) atoms. The van der Waals surface area contributed by atoms with Crippen LogP contribution in [0.5, 0.6) is 17.2 Å². The lowest BCUT2D eigenvalue weighted by Gasteiger charge is -2.57. The molecule has 0 amide bonds. The Bertz CT molecular complexity index is 1270. The first kappa shape index (κ1) is 24.1. The van der Waals surface area contributed by atoms with Crippen molar-refractivity contribution in [1.82, 2.24) is 0 Å². The van der Waals surface area contributed by atoms with Crippen molar-refractivity contribution in [2.24, 2.45) is 28.6 Å². The highest BCUT2D eigenvalue weighted by Crippen LogP contribution is 2.66. The summed E-state index contributed by atoms with van der Waals surface area (Å²) in [6, 6.07) is 13.2. The predicted octanol–water partition coefficient (Wildman–Crippen LogP) is 6.99. The number of fused-ring (bicyclic) bond motifs is 5. The third-order valence-electron chi connectivity index (χ3n) is 10.3. The summed E-state index contributed by atoms with van der Waals surface area (Å²) in [5, 5.41) is 29.1. The van der Waals surface area contributed by atoms with Crippen LogP contribution in [0.15, 0.2) is 60.2 Å². The van der Waals surface area contributed by atoms with Crippen LogP contribution in [0.1, 0.15) is 74.7 Å². The number of carbonyl (C=O) groups is 1. The summed E-state index contributed by atoms with van der Waals surface area (Å²) < 4.78 is 5.81. The molecule has 2 aromatic rings. The summed E-state index contributed by atoms with van der Waals surface area (Å²) in [4.78, 5) is 12.8. The predicted molar refractivity (Wildman–Crippen MR) is 142 cm³/mol. The van der Waals surface area contributed by atoms with Crippen LogP contribution in [0, 0.1) is 28.6 Å². The van der Waals surface area contributed by atoms with Gasteiger partial charge in [-0.3, -0.25) is 0 Å². The quantitative estimate of drug-likeness (QED) is 0.240. The molecule has 0 saturated heterocycles. The van der Waals surface area contributed by atoms with E-state index in [2.05, 4.69) is 56.3 Å². The zero-order valence-corrected chi connectivity index (χ0v) is 21.6. The number of phenols is 3. The van der Waals surface area contributed by atoms with Gasteiger partial charge in [-0.15, -0.1) is 0 Å². The summed E-state index contributed by atoms with van der Waals surface area (Å²) in [5.41, 5.74) is 4.75. The number of rotatable bonds is 3. The van der Waals surface area contributed by atoms with Crippen LogP contribution in [-0.2, 0) is 4.74 Å². The van der Waals surface area contributed by atoms with Gasteiger partial charge in [-0.05, 0) is 90.4 Å². The lowest BCUT2D eigenvalue weighted by atomic mass is 9.47. The minimum Gasteiger partial charge on any atom is -0.504 e. The van der Waals surface area contributed by atoms with Crippen molar-refractivity contribution in [3.63, 3.8) is 0 Å². The number of hydrogen-bond acceptors (Lipinski definition) is 5. The van der Waals surface area contributed by atoms with Gasteiger partial charge >= 0.3 is 5.97 Å². The maximum atomic E-state index is 12.8. The molecule has 0 aromatic heterocycles. The number of benzene rings is 2. The van der Waals surface area contributed by atoms with Crippen LogP contribution >= 0.6 is 0 Å².